The van der Waals surface area contributed by atoms with Crippen molar-refractivity contribution >= 4 is 22.0 Å². The Balaban J connectivity index is 3.00. The van der Waals surface area contributed by atoms with Gasteiger partial charge in [0.2, 0.25) is 0 Å². The lowest BCUT2D eigenvalue weighted by atomic mass is 10.1. The summed E-state index contributed by atoms with van der Waals surface area (Å²) in [4.78, 5) is 0. The summed E-state index contributed by atoms with van der Waals surface area (Å²) in [6.07, 6.45) is 3.99. The van der Waals surface area contributed by atoms with Gasteiger partial charge in [0.05, 0.1) is 0 Å². The third-order valence-corrected chi connectivity index (χ3v) is 2.34. The standard InChI is InChI=1S/C11H11BrF2/c1-8-5-6-10(13)9(11(8)14)4-2-3-7-12/h2,4-6H,3,7H2,1H3/b4-2+. The molecule has 0 aliphatic carbocycles. The molecular formula is C11H11BrF2. The maximum absolute atomic E-state index is 13.4. The van der Waals surface area contributed by atoms with Gasteiger partial charge in [0.15, 0.2) is 0 Å². The normalized spacial score (nSPS) is 11.1. The van der Waals surface area contributed by atoms with E-state index in [0.717, 1.165) is 11.8 Å². The van der Waals surface area contributed by atoms with Crippen LogP contribution in [0.4, 0.5) is 8.78 Å². The lowest BCUT2D eigenvalue weighted by Gasteiger charge is -2.01. The molecule has 1 aromatic carbocycles. The lowest BCUT2D eigenvalue weighted by molar-refractivity contribution is 0.573. The van der Waals surface area contributed by atoms with Crippen molar-refractivity contribution in [3.05, 3.63) is 41.0 Å². The van der Waals surface area contributed by atoms with E-state index in [-0.39, 0.29) is 5.56 Å². The Morgan fingerprint density at radius 2 is 2.07 bits per heavy atom. The van der Waals surface area contributed by atoms with Gasteiger partial charge in [-0.15, -0.1) is 0 Å². The van der Waals surface area contributed by atoms with Crippen LogP contribution in [-0.4, -0.2) is 5.33 Å². The van der Waals surface area contributed by atoms with E-state index in [1.165, 1.54) is 18.2 Å². The van der Waals surface area contributed by atoms with Gasteiger partial charge in [-0.25, -0.2) is 8.78 Å². The monoisotopic (exact) mass is 260 g/mol. The van der Waals surface area contributed by atoms with E-state index >= 15 is 0 Å². The molecule has 0 atom stereocenters. The molecule has 0 saturated carbocycles. The highest BCUT2D eigenvalue weighted by atomic mass is 79.9. The first-order valence-electron chi connectivity index (χ1n) is 4.34. The van der Waals surface area contributed by atoms with Crippen LogP contribution in [0.2, 0.25) is 0 Å². The van der Waals surface area contributed by atoms with Crippen LogP contribution < -0.4 is 0 Å². The minimum absolute atomic E-state index is 0.0472. The molecule has 0 heterocycles. The molecule has 0 saturated heterocycles. The van der Waals surface area contributed by atoms with E-state index in [4.69, 9.17) is 0 Å². The van der Waals surface area contributed by atoms with Crippen LogP contribution in [-0.2, 0) is 0 Å². The van der Waals surface area contributed by atoms with Gasteiger partial charge in [0.25, 0.3) is 0 Å². The van der Waals surface area contributed by atoms with Crippen LogP contribution in [0, 0.1) is 18.6 Å². The molecule has 0 bridgehead atoms. The average Bonchev–Trinajstić information content (AvgIpc) is 2.18. The van der Waals surface area contributed by atoms with Gasteiger partial charge in [-0.1, -0.05) is 34.1 Å². The molecule has 14 heavy (non-hydrogen) atoms. The van der Waals surface area contributed by atoms with Gasteiger partial charge in [-0.05, 0) is 25.0 Å². The van der Waals surface area contributed by atoms with Crippen LogP contribution in [0.3, 0.4) is 0 Å². The molecule has 0 fully saturated rings. The van der Waals surface area contributed by atoms with E-state index < -0.39 is 11.6 Å². The molecule has 0 aromatic heterocycles. The molecule has 76 valence electrons. The second kappa shape index (κ2) is 5.25. The second-order valence-electron chi connectivity index (χ2n) is 2.97. The topological polar surface area (TPSA) is 0 Å². The Kier molecular flexibility index (Phi) is 4.26. The van der Waals surface area contributed by atoms with Gasteiger partial charge in [0, 0.05) is 10.9 Å². The third-order valence-electron chi connectivity index (χ3n) is 1.88. The van der Waals surface area contributed by atoms with Crippen LogP contribution >= 0.6 is 15.9 Å². The first kappa shape index (κ1) is 11.4. The van der Waals surface area contributed by atoms with Gasteiger partial charge in [0.1, 0.15) is 11.6 Å². The fourth-order valence-electron chi connectivity index (χ4n) is 1.10. The fraction of sp³-hybridized carbons (Fsp3) is 0.273. The zero-order chi connectivity index (χ0) is 10.6. The van der Waals surface area contributed by atoms with E-state index in [1.807, 2.05) is 0 Å². The predicted octanol–water partition coefficient (Wildman–Crippen LogP) is 4.07. The van der Waals surface area contributed by atoms with E-state index in [1.54, 1.807) is 13.0 Å². The maximum atomic E-state index is 13.4. The van der Waals surface area contributed by atoms with Crippen molar-refractivity contribution in [1.29, 1.82) is 0 Å². The Bertz CT molecular complexity index is 345. The quantitative estimate of drug-likeness (QED) is 0.719. The minimum Gasteiger partial charge on any atom is -0.206 e. The number of alkyl halides is 1. The molecule has 1 rings (SSSR count). The lowest BCUT2D eigenvalue weighted by Crippen LogP contribution is -1.91. The second-order valence-corrected chi connectivity index (χ2v) is 3.76. The summed E-state index contributed by atoms with van der Waals surface area (Å²) < 4.78 is 26.5. The van der Waals surface area contributed by atoms with E-state index in [2.05, 4.69) is 15.9 Å². The summed E-state index contributed by atoms with van der Waals surface area (Å²) in [5, 5.41) is 0.790. The Hall–Kier alpha value is -0.700. The molecule has 0 radical (unpaired) electrons. The molecule has 0 amide bonds. The number of allylic oxidation sites excluding steroid dienone is 1. The van der Waals surface area contributed by atoms with Crippen molar-refractivity contribution in [2.24, 2.45) is 0 Å². The number of rotatable bonds is 3. The van der Waals surface area contributed by atoms with Crippen molar-refractivity contribution < 1.29 is 8.78 Å². The maximum Gasteiger partial charge on any atom is 0.136 e. The summed E-state index contributed by atoms with van der Waals surface area (Å²) in [5.41, 5.74) is 0.510. The van der Waals surface area contributed by atoms with Crippen LogP contribution in [0.25, 0.3) is 6.08 Å². The molecule has 0 aliphatic rings. The Morgan fingerprint density at radius 3 is 2.71 bits per heavy atom. The number of benzene rings is 1. The Morgan fingerprint density at radius 1 is 1.36 bits per heavy atom. The molecule has 0 spiro atoms. The fourth-order valence-corrected chi connectivity index (χ4v) is 1.36. The van der Waals surface area contributed by atoms with E-state index in [9.17, 15) is 8.78 Å². The number of halogens is 3. The number of hydrogen-bond acceptors (Lipinski definition) is 0. The molecule has 0 unspecified atom stereocenters. The minimum atomic E-state index is -0.515. The van der Waals surface area contributed by atoms with Crippen LogP contribution in [0.15, 0.2) is 18.2 Å². The smallest absolute Gasteiger partial charge is 0.136 e. The van der Waals surface area contributed by atoms with Gasteiger partial charge >= 0.3 is 0 Å². The summed E-state index contributed by atoms with van der Waals surface area (Å²) in [6, 6.07) is 2.72. The zero-order valence-corrected chi connectivity index (χ0v) is 9.44. The van der Waals surface area contributed by atoms with Crippen LogP contribution in [0.1, 0.15) is 17.5 Å². The van der Waals surface area contributed by atoms with E-state index in [0.29, 0.717) is 5.56 Å². The summed E-state index contributed by atoms with van der Waals surface area (Å²) in [5.74, 6) is -0.991. The van der Waals surface area contributed by atoms with Gasteiger partial charge < -0.3 is 0 Å². The van der Waals surface area contributed by atoms with Gasteiger partial charge in [-0.3, -0.25) is 0 Å². The first-order chi connectivity index (χ1) is 6.66. The first-order valence-corrected chi connectivity index (χ1v) is 5.46. The van der Waals surface area contributed by atoms with Crippen molar-refractivity contribution in [2.75, 3.05) is 5.33 Å². The highest BCUT2D eigenvalue weighted by Crippen LogP contribution is 2.17. The average molecular weight is 261 g/mol. The molecule has 3 heteroatoms. The predicted molar refractivity (Wildman–Crippen MR) is 58.5 cm³/mol. The van der Waals surface area contributed by atoms with Crippen LogP contribution in [0.5, 0.6) is 0 Å². The molecule has 0 aliphatic heterocycles. The summed E-state index contributed by atoms with van der Waals surface area (Å²) >= 11 is 3.24. The highest BCUT2D eigenvalue weighted by Gasteiger charge is 2.07. The summed E-state index contributed by atoms with van der Waals surface area (Å²) in [7, 11) is 0. The molecule has 0 nitrogen and oxygen atoms in total. The Labute approximate surface area is 90.8 Å². The number of aryl methyl sites for hydroxylation is 1. The van der Waals surface area contributed by atoms with Crippen molar-refractivity contribution in [2.45, 2.75) is 13.3 Å². The summed E-state index contributed by atoms with van der Waals surface area (Å²) in [6.45, 7) is 1.62. The van der Waals surface area contributed by atoms with Crippen molar-refractivity contribution in [3.8, 4) is 0 Å². The zero-order valence-electron chi connectivity index (χ0n) is 7.86. The molecule has 1 aromatic rings. The van der Waals surface area contributed by atoms with Crippen molar-refractivity contribution in [1.82, 2.24) is 0 Å². The molecular weight excluding hydrogens is 250 g/mol. The van der Waals surface area contributed by atoms with Crippen molar-refractivity contribution in [3.63, 3.8) is 0 Å². The number of hydrogen-bond donors (Lipinski definition) is 0. The third kappa shape index (κ3) is 2.64. The highest BCUT2D eigenvalue weighted by molar-refractivity contribution is 9.09. The van der Waals surface area contributed by atoms with Gasteiger partial charge in [-0.2, -0.15) is 0 Å². The molecule has 0 N–H and O–H groups in total. The largest absolute Gasteiger partial charge is 0.206 e. The SMILES string of the molecule is Cc1ccc(F)c(/C=C/CCBr)c1F.